The van der Waals surface area contributed by atoms with Crippen LogP contribution < -0.4 is 14.8 Å². The number of nitrogens with zero attached hydrogens (tertiary/aromatic N) is 3. The Morgan fingerprint density at radius 1 is 1.22 bits per heavy atom. The zero-order valence-electron chi connectivity index (χ0n) is 20.4. The number of nitro groups is 1. The van der Waals surface area contributed by atoms with E-state index in [0.717, 1.165) is 28.9 Å². The molecule has 0 bridgehead atoms. The molecular weight excluding hydrogens is 509 g/mol. The minimum atomic E-state index is -4.21. The third kappa shape index (κ3) is 6.47. The van der Waals surface area contributed by atoms with Crippen LogP contribution in [0.2, 0.25) is 0 Å². The van der Waals surface area contributed by atoms with Crippen molar-refractivity contribution in [3.63, 3.8) is 0 Å². The first kappa shape index (κ1) is 27.7. The maximum Gasteiger partial charge on any atom is 0.272 e. The quantitative estimate of drug-likeness (QED) is 0.204. The first-order chi connectivity index (χ1) is 17.6. The highest BCUT2D eigenvalue weighted by atomic mass is 32.2. The summed E-state index contributed by atoms with van der Waals surface area (Å²) in [4.78, 5) is 22.9. The molecule has 1 aromatic heterocycles. The fourth-order valence-corrected chi connectivity index (χ4v) is 4.55. The van der Waals surface area contributed by atoms with Crippen LogP contribution >= 0.6 is 0 Å². The molecule has 37 heavy (non-hydrogen) atoms. The first-order valence-electron chi connectivity index (χ1n) is 11.2. The minimum Gasteiger partial charge on any atom is -0.437 e. The molecule has 2 aromatic carbocycles. The third-order valence-electron chi connectivity index (χ3n) is 5.10. The van der Waals surface area contributed by atoms with Gasteiger partial charge < -0.3 is 14.8 Å². The number of nitro benzene ring substituents is 1. The Morgan fingerprint density at radius 3 is 2.62 bits per heavy atom. The zero-order chi connectivity index (χ0) is 27.2. The van der Waals surface area contributed by atoms with Crippen molar-refractivity contribution in [2.45, 2.75) is 25.2 Å². The van der Waals surface area contributed by atoms with Gasteiger partial charge in [0.05, 0.1) is 17.2 Å². The number of hydrogen-bond acceptors (Lipinski definition) is 8. The maximum absolute atomic E-state index is 14.0. The van der Waals surface area contributed by atoms with Gasteiger partial charge in [-0.1, -0.05) is 13.0 Å². The lowest BCUT2D eigenvalue weighted by atomic mass is 10.2. The average Bonchev–Trinajstić information content (AvgIpc) is 3.19. The molecule has 0 fully saturated rings. The van der Waals surface area contributed by atoms with Crippen LogP contribution in [0.1, 0.15) is 29.4 Å². The molecule has 0 spiro atoms. The highest BCUT2D eigenvalue weighted by Gasteiger charge is 2.27. The van der Waals surface area contributed by atoms with Gasteiger partial charge in [0.1, 0.15) is 16.5 Å². The molecule has 0 aliphatic rings. The summed E-state index contributed by atoms with van der Waals surface area (Å²) in [5.74, 6) is -1.47. The van der Waals surface area contributed by atoms with E-state index in [9.17, 15) is 27.7 Å². The summed E-state index contributed by atoms with van der Waals surface area (Å²) in [5, 5.41) is 18.2. The highest BCUT2D eigenvalue weighted by Crippen LogP contribution is 2.35. The lowest BCUT2D eigenvalue weighted by Gasteiger charge is -2.14. The number of nitrogens with one attached hydrogen (secondary N) is 2. The standard InChI is InChI=1S/C23H26FN5O7S/c1-4-10-26-37(33,34)20-14-18(29(31)32)8-9-19(20)36-23-15(2)21(22(30)25-11-12-35-3)27-28(23)17-7-5-6-16(24)13-17/h5-9,13-14,26H,4,10-12H2,1-3H3,(H,25,30). The summed E-state index contributed by atoms with van der Waals surface area (Å²) in [6, 6.07) is 8.43. The lowest BCUT2D eigenvalue weighted by molar-refractivity contribution is -0.385. The predicted octanol–water partition coefficient (Wildman–Crippen LogP) is 3.08. The topological polar surface area (TPSA) is 155 Å². The van der Waals surface area contributed by atoms with Gasteiger partial charge in [-0.15, -0.1) is 0 Å². The summed E-state index contributed by atoms with van der Waals surface area (Å²) in [5.41, 5.74) is -0.0875. The molecule has 3 rings (SSSR count). The van der Waals surface area contributed by atoms with Crippen LogP contribution in [-0.2, 0) is 14.8 Å². The molecule has 0 aliphatic carbocycles. The first-order valence-corrected chi connectivity index (χ1v) is 12.7. The summed E-state index contributed by atoms with van der Waals surface area (Å²) in [6.07, 6.45) is 0.483. The summed E-state index contributed by atoms with van der Waals surface area (Å²) in [6.45, 7) is 3.83. The molecule has 0 radical (unpaired) electrons. The van der Waals surface area contributed by atoms with Crippen LogP contribution in [0.15, 0.2) is 47.4 Å². The van der Waals surface area contributed by atoms with Crippen molar-refractivity contribution in [2.24, 2.45) is 0 Å². The second kappa shape index (κ2) is 11.9. The molecule has 1 heterocycles. The Kier molecular flexibility index (Phi) is 8.91. The van der Waals surface area contributed by atoms with E-state index in [1.165, 1.54) is 32.2 Å². The van der Waals surface area contributed by atoms with Crippen molar-refractivity contribution < 1.29 is 32.0 Å². The van der Waals surface area contributed by atoms with Crippen molar-refractivity contribution in [1.29, 1.82) is 0 Å². The number of hydrogen-bond donors (Lipinski definition) is 2. The van der Waals surface area contributed by atoms with Crippen molar-refractivity contribution in [3.8, 4) is 17.3 Å². The van der Waals surface area contributed by atoms with Crippen molar-refractivity contribution >= 4 is 21.6 Å². The fourth-order valence-electron chi connectivity index (χ4n) is 3.27. The Bertz CT molecular complexity index is 1410. The number of sulfonamides is 1. The SMILES string of the molecule is CCCNS(=O)(=O)c1cc([N+](=O)[O-])ccc1Oc1c(C)c(C(=O)NCCOC)nn1-c1cccc(F)c1. The van der Waals surface area contributed by atoms with Crippen LogP contribution in [-0.4, -0.2) is 55.8 Å². The third-order valence-corrected chi connectivity index (χ3v) is 6.59. The van der Waals surface area contributed by atoms with Gasteiger partial charge in [0.25, 0.3) is 11.6 Å². The number of ether oxygens (including phenoxy) is 2. The second-order valence-electron chi connectivity index (χ2n) is 7.81. The fraction of sp³-hybridized carbons (Fsp3) is 0.304. The monoisotopic (exact) mass is 535 g/mol. The Morgan fingerprint density at radius 2 is 1.97 bits per heavy atom. The van der Waals surface area contributed by atoms with Crippen LogP contribution in [0.5, 0.6) is 11.6 Å². The number of methoxy groups -OCH3 is 1. The summed E-state index contributed by atoms with van der Waals surface area (Å²) in [7, 11) is -2.73. The van der Waals surface area contributed by atoms with Gasteiger partial charge in [0.15, 0.2) is 5.69 Å². The number of rotatable bonds is 12. The van der Waals surface area contributed by atoms with Crippen LogP contribution in [0.4, 0.5) is 10.1 Å². The minimum absolute atomic E-state index is 0.0502. The number of non-ortho nitro benzene ring substituents is 1. The zero-order valence-corrected chi connectivity index (χ0v) is 21.2. The van der Waals surface area contributed by atoms with E-state index in [4.69, 9.17) is 9.47 Å². The van der Waals surface area contributed by atoms with Crippen molar-refractivity contribution in [3.05, 3.63) is 69.7 Å². The second-order valence-corrected chi connectivity index (χ2v) is 9.54. The Balaban J connectivity index is 2.16. The molecule has 198 valence electrons. The van der Waals surface area contributed by atoms with E-state index < -0.39 is 37.3 Å². The van der Waals surface area contributed by atoms with Gasteiger partial charge in [-0.2, -0.15) is 9.78 Å². The van der Waals surface area contributed by atoms with E-state index in [-0.39, 0.29) is 48.3 Å². The van der Waals surface area contributed by atoms with Crippen LogP contribution in [0.25, 0.3) is 5.69 Å². The molecule has 0 atom stereocenters. The molecule has 1 amide bonds. The normalized spacial score (nSPS) is 11.4. The number of carbonyl (C=O) groups excluding carboxylic acids is 1. The average molecular weight is 536 g/mol. The number of halogens is 1. The summed E-state index contributed by atoms with van der Waals surface area (Å²) >= 11 is 0. The van der Waals surface area contributed by atoms with E-state index in [1.807, 2.05) is 0 Å². The van der Waals surface area contributed by atoms with Crippen molar-refractivity contribution in [1.82, 2.24) is 19.8 Å². The van der Waals surface area contributed by atoms with Gasteiger partial charge in [0.2, 0.25) is 15.9 Å². The molecular formula is C23H26FN5O7S. The number of amides is 1. The molecule has 0 unspecified atom stereocenters. The number of carbonyl (C=O) groups is 1. The molecule has 0 saturated carbocycles. The Hall–Kier alpha value is -3.88. The lowest BCUT2D eigenvalue weighted by Crippen LogP contribution is -2.27. The molecule has 3 aromatic rings. The highest BCUT2D eigenvalue weighted by molar-refractivity contribution is 7.89. The molecule has 0 saturated heterocycles. The van der Waals surface area contributed by atoms with Gasteiger partial charge in [-0.25, -0.2) is 17.5 Å². The van der Waals surface area contributed by atoms with Gasteiger partial charge in [0, 0.05) is 37.9 Å². The number of aromatic nitrogens is 2. The van der Waals surface area contributed by atoms with Crippen LogP contribution in [0, 0.1) is 22.9 Å². The smallest absolute Gasteiger partial charge is 0.272 e. The molecule has 14 heteroatoms. The molecule has 12 nitrogen and oxygen atoms in total. The van der Waals surface area contributed by atoms with E-state index >= 15 is 0 Å². The Labute approximate surface area is 212 Å². The van der Waals surface area contributed by atoms with Crippen LogP contribution in [0.3, 0.4) is 0 Å². The predicted molar refractivity (Wildman–Crippen MR) is 131 cm³/mol. The van der Waals surface area contributed by atoms with E-state index in [0.29, 0.717) is 6.42 Å². The van der Waals surface area contributed by atoms with Gasteiger partial charge >= 0.3 is 0 Å². The van der Waals surface area contributed by atoms with Gasteiger partial charge in [-0.3, -0.25) is 14.9 Å². The largest absolute Gasteiger partial charge is 0.437 e. The van der Waals surface area contributed by atoms with E-state index in [2.05, 4.69) is 15.1 Å². The summed E-state index contributed by atoms with van der Waals surface area (Å²) < 4.78 is 54.3. The maximum atomic E-state index is 14.0. The number of benzene rings is 2. The molecule has 0 aliphatic heterocycles. The van der Waals surface area contributed by atoms with E-state index in [1.54, 1.807) is 6.92 Å². The van der Waals surface area contributed by atoms with Gasteiger partial charge in [-0.05, 0) is 37.6 Å². The van der Waals surface area contributed by atoms with Crippen molar-refractivity contribution in [2.75, 3.05) is 26.8 Å². The molecule has 2 N–H and O–H groups in total.